The van der Waals surface area contributed by atoms with Crippen LogP contribution in [0.5, 0.6) is 0 Å². The van der Waals surface area contributed by atoms with Crippen LogP contribution < -0.4 is 4.90 Å². The molecule has 1 aliphatic rings. The molecule has 92 valence electrons. The van der Waals surface area contributed by atoms with E-state index in [1.165, 1.54) is 11.3 Å². The minimum absolute atomic E-state index is 0.107. The molecule has 0 aliphatic carbocycles. The first-order chi connectivity index (χ1) is 8.56. The molecule has 0 saturated carbocycles. The zero-order valence-corrected chi connectivity index (χ0v) is 11.0. The molecular weight excluding hydrogens is 249 g/mol. The molecular formula is C14H12FNOS. The van der Waals surface area contributed by atoms with Gasteiger partial charge in [0.05, 0.1) is 6.42 Å². The van der Waals surface area contributed by atoms with Crippen molar-refractivity contribution in [3.63, 3.8) is 0 Å². The van der Waals surface area contributed by atoms with Crippen molar-refractivity contribution in [1.29, 1.82) is 0 Å². The number of nitrogens with zero attached hydrogens (tertiary/aromatic N) is 1. The lowest BCUT2D eigenvalue weighted by Gasteiger charge is -2.10. The van der Waals surface area contributed by atoms with Crippen LogP contribution in [0.4, 0.5) is 10.1 Å². The van der Waals surface area contributed by atoms with Crippen molar-refractivity contribution in [2.75, 3.05) is 11.9 Å². The summed E-state index contributed by atoms with van der Waals surface area (Å²) in [4.78, 5) is 14.9. The number of thiophene rings is 1. The van der Waals surface area contributed by atoms with Crippen LogP contribution in [0.2, 0.25) is 0 Å². The average molecular weight is 261 g/mol. The predicted octanol–water partition coefficient (Wildman–Crippen LogP) is 3.38. The van der Waals surface area contributed by atoms with E-state index in [0.717, 1.165) is 21.7 Å². The van der Waals surface area contributed by atoms with Crippen molar-refractivity contribution >= 4 is 22.9 Å². The molecule has 0 saturated heterocycles. The van der Waals surface area contributed by atoms with Gasteiger partial charge in [0.2, 0.25) is 5.91 Å². The number of fused-ring (bicyclic) bond motifs is 1. The summed E-state index contributed by atoms with van der Waals surface area (Å²) in [6, 6.07) is 7.43. The van der Waals surface area contributed by atoms with E-state index in [1.807, 2.05) is 18.2 Å². The fourth-order valence-electron chi connectivity index (χ4n) is 2.20. The van der Waals surface area contributed by atoms with Gasteiger partial charge in [-0.25, -0.2) is 4.39 Å². The Morgan fingerprint density at radius 2 is 2.11 bits per heavy atom. The number of aryl methyl sites for hydroxylation is 1. The summed E-state index contributed by atoms with van der Waals surface area (Å²) in [7, 11) is 1.78. The maximum Gasteiger partial charge on any atom is 0.231 e. The van der Waals surface area contributed by atoms with E-state index in [4.69, 9.17) is 0 Å². The monoisotopic (exact) mass is 261 g/mol. The van der Waals surface area contributed by atoms with Gasteiger partial charge in [0, 0.05) is 22.5 Å². The number of anilines is 1. The van der Waals surface area contributed by atoms with Gasteiger partial charge in [-0.3, -0.25) is 4.79 Å². The summed E-state index contributed by atoms with van der Waals surface area (Å²) < 4.78 is 13.4. The van der Waals surface area contributed by atoms with Gasteiger partial charge in [0.1, 0.15) is 5.82 Å². The van der Waals surface area contributed by atoms with E-state index >= 15 is 0 Å². The Morgan fingerprint density at radius 1 is 1.33 bits per heavy atom. The second-order valence-corrected chi connectivity index (χ2v) is 5.74. The summed E-state index contributed by atoms with van der Waals surface area (Å²) in [5.74, 6) is -0.0596. The van der Waals surface area contributed by atoms with Crippen LogP contribution in [-0.4, -0.2) is 13.0 Å². The van der Waals surface area contributed by atoms with Crippen LogP contribution >= 0.6 is 11.3 Å². The quantitative estimate of drug-likeness (QED) is 0.770. The molecule has 0 radical (unpaired) electrons. The summed E-state index contributed by atoms with van der Waals surface area (Å²) >= 11 is 1.44. The molecule has 2 nitrogen and oxygen atoms in total. The molecule has 18 heavy (non-hydrogen) atoms. The first kappa shape index (κ1) is 11.4. The highest BCUT2D eigenvalue weighted by Gasteiger charge is 2.24. The minimum atomic E-state index is -0.167. The molecule has 2 aromatic rings. The van der Waals surface area contributed by atoms with Gasteiger partial charge < -0.3 is 4.90 Å². The molecule has 3 rings (SSSR count). The van der Waals surface area contributed by atoms with Gasteiger partial charge in [-0.2, -0.15) is 0 Å². The summed E-state index contributed by atoms with van der Waals surface area (Å²) in [6.45, 7) is 1.77. The summed E-state index contributed by atoms with van der Waals surface area (Å²) in [5.41, 5.74) is 2.94. The smallest absolute Gasteiger partial charge is 0.231 e. The Morgan fingerprint density at radius 3 is 2.78 bits per heavy atom. The third kappa shape index (κ3) is 1.64. The number of carbonyl (C=O) groups is 1. The van der Waals surface area contributed by atoms with Crippen molar-refractivity contribution in [2.45, 2.75) is 13.3 Å². The van der Waals surface area contributed by atoms with Crippen LogP contribution in [0.3, 0.4) is 0 Å². The van der Waals surface area contributed by atoms with Gasteiger partial charge >= 0.3 is 0 Å². The fraction of sp³-hybridized carbons (Fsp3) is 0.214. The molecule has 2 heterocycles. The molecule has 1 amide bonds. The number of likely N-dealkylation sites (N-methyl/N-ethyl adjacent to an activating group) is 1. The van der Waals surface area contributed by atoms with E-state index < -0.39 is 0 Å². The highest BCUT2D eigenvalue weighted by atomic mass is 32.1. The SMILES string of the molecule is Cc1sc(-c2ccc3c(c2)N(C)C(=O)C3)cc1F. The van der Waals surface area contributed by atoms with E-state index in [2.05, 4.69) is 0 Å². The predicted molar refractivity (Wildman–Crippen MR) is 71.6 cm³/mol. The lowest BCUT2D eigenvalue weighted by Crippen LogP contribution is -2.20. The largest absolute Gasteiger partial charge is 0.315 e. The zero-order valence-electron chi connectivity index (χ0n) is 10.2. The second-order valence-electron chi connectivity index (χ2n) is 4.49. The van der Waals surface area contributed by atoms with Gasteiger partial charge in [-0.05, 0) is 30.2 Å². The van der Waals surface area contributed by atoms with Gasteiger partial charge in [-0.15, -0.1) is 11.3 Å². The van der Waals surface area contributed by atoms with Gasteiger partial charge in [-0.1, -0.05) is 12.1 Å². The second kappa shape index (κ2) is 3.92. The molecule has 1 aromatic carbocycles. The standard InChI is InChI=1S/C14H12FNOS/c1-8-11(15)7-13(18-8)10-4-3-9-6-14(17)16(2)12(9)5-10/h3-5,7H,6H2,1-2H3. The number of hydrogen-bond donors (Lipinski definition) is 0. The number of benzene rings is 1. The Hall–Kier alpha value is -1.68. The lowest BCUT2D eigenvalue weighted by molar-refractivity contribution is -0.117. The highest BCUT2D eigenvalue weighted by molar-refractivity contribution is 7.15. The summed E-state index contributed by atoms with van der Waals surface area (Å²) in [5, 5.41) is 0. The Kier molecular flexibility index (Phi) is 2.48. The maximum atomic E-state index is 13.4. The first-order valence-corrected chi connectivity index (χ1v) is 6.53. The normalized spacial score (nSPS) is 14.2. The van der Waals surface area contributed by atoms with E-state index in [1.54, 1.807) is 24.9 Å². The number of carbonyl (C=O) groups excluding carboxylic acids is 1. The van der Waals surface area contributed by atoms with E-state index in [-0.39, 0.29) is 11.7 Å². The number of hydrogen-bond acceptors (Lipinski definition) is 2. The van der Waals surface area contributed by atoms with E-state index in [9.17, 15) is 9.18 Å². The van der Waals surface area contributed by atoms with Crippen LogP contribution in [-0.2, 0) is 11.2 Å². The number of amides is 1. The van der Waals surface area contributed by atoms with Crippen molar-refractivity contribution in [2.24, 2.45) is 0 Å². The van der Waals surface area contributed by atoms with Gasteiger partial charge in [0.15, 0.2) is 0 Å². The minimum Gasteiger partial charge on any atom is -0.315 e. The molecule has 1 aromatic heterocycles. The van der Waals surface area contributed by atoms with Crippen LogP contribution in [0.15, 0.2) is 24.3 Å². The highest BCUT2D eigenvalue weighted by Crippen LogP contribution is 2.36. The third-order valence-electron chi connectivity index (χ3n) is 3.30. The average Bonchev–Trinajstić information content (AvgIpc) is 2.82. The van der Waals surface area contributed by atoms with E-state index in [0.29, 0.717) is 11.3 Å². The zero-order chi connectivity index (χ0) is 12.9. The fourth-order valence-corrected chi connectivity index (χ4v) is 3.09. The van der Waals surface area contributed by atoms with Crippen molar-refractivity contribution in [3.05, 3.63) is 40.5 Å². The molecule has 4 heteroatoms. The Balaban J connectivity index is 2.08. The van der Waals surface area contributed by atoms with Crippen molar-refractivity contribution in [3.8, 4) is 10.4 Å². The molecule has 0 N–H and O–H groups in total. The third-order valence-corrected chi connectivity index (χ3v) is 4.38. The molecule has 0 atom stereocenters. The van der Waals surface area contributed by atoms with Crippen molar-refractivity contribution in [1.82, 2.24) is 0 Å². The number of halogens is 1. The molecule has 0 fully saturated rings. The van der Waals surface area contributed by atoms with Crippen LogP contribution in [0.1, 0.15) is 10.4 Å². The maximum absolute atomic E-state index is 13.4. The van der Waals surface area contributed by atoms with Crippen molar-refractivity contribution < 1.29 is 9.18 Å². The summed E-state index contributed by atoms with van der Waals surface area (Å²) in [6.07, 6.45) is 0.462. The van der Waals surface area contributed by atoms with Crippen LogP contribution in [0, 0.1) is 12.7 Å². The molecule has 1 aliphatic heterocycles. The molecule has 0 bridgehead atoms. The first-order valence-electron chi connectivity index (χ1n) is 5.72. The molecule has 0 unspecified atom stereocenters. The van der Waals surface area contributed by atoms with Crippen LogP contribution in [0.25, 0.3) is 10.4 Å². The topological polar surface area (TPSA) is 20.3 Å². The molecule has 0 spiro atoms. The Labute approximate surface area is 109 Å². The lowest BCUT2D eigenvalue weighted by atomic mass is 10.1. The Bertz CT molecular complexity index is 628. The number of rotatable bonds is 1. The van der Waals surface area contributed by atoms with Gasteiger partial charge in [0.25, 0.3) is 0 Å².